The highest BCUT2D eigenvalue weighted by Gasteiger charge is 2.40. The van der Waals surface area contributed by atoms with Crippen molar-refractivity contribution in [1.29, 1.82) is 0 Å². The number of piperidine rings is 1. The first-order chi connectivity index (χ1) is 10.0. The van der Waals surface area contributed by atoms with E-state index in [2.05, 4.69) is 45.6 Å². The molecular weight excluding hydrogens is 330 g/mol. The first-order valence-electron chi connectivity index (χ1n) is 7.78. The van der Waals surface area contributed by atoms with Gasteiger partial charge in [-0.3, -0.25) is 0 Å². The Balaban J connectivity index is 1.77. The highest BCUT2D eigenvalue weighted by Crippen LogP contribution is 2.42. The monoisotopic (exact) mass is 353 g/mol. The van der Waals surface area contributed by atoms with Gasteiger partial charge in [-0.1, -0.05) is 13.8 Å². The molecule has 0 aromatic carbocycles. The second kappa shape index (κ2) is 5.86. The Bertz CT molecular complexity index is 512. The third-order valence-electron chi connectivity index (χ3n) is 4.77. The van der Waals surface area contributed by atoms with E-state index >= 15 is 0 Å². The van der Waals surface area contributed by atoms with Crippen molar-refractivity contribution in [2.75, 3.05) is 37.7 Å². The summed E-state index contributed by atoms with van der Waals surface area (Å²) in [6.07, 6.45) is 2.34. The number of hydrogen-bond acceptors (Lipinski definition) is 4. The van der Waals surface area contributed by atoms with Gasteiger partial charge < -0.3 is 14.9 Å². The molecule has 1 aromatic heterocycles. The van der Waals surface area contributed by atoms with Gasteiger partial charge in [0, 0.05) is 37.6 Å². The van der Waals surface area contributed by atoms with E-state index in [-0.39, 0.29) is 12.0 Å². The summed E-state index contributed by atoms with van der Waals surface area (Å²) in [6.45, 7) is 8.86. The molecule has 4 nitrogen and oxygen atoms in total. The van der Waals surface area contributed by atoms with E-state index in [4.69, 9.17) is 10.1 Å². The third kappa shape index (κ3) is 2.96. The Kier molecular flexibility index (Phi) is 4.26. The van der Waals surface area contributed by atoms with Gasteiger partial charge in [0.05, 0.1) is 18.0 Å². The van der Waals surface area contributed by atoms with Gasteiger partial charge in [0.25, 0.3) is 0 Å². The lowest BCUT2D eigenvalue weighted by Gasteiger charge is -2.38. The van der Waals surface area contributed by atoms with E-state index in [1.165, 1.54) is 24.2 Å². The van der Waals surface area contributed by atoms with E-state index in [0.29, 0.717) is 6.04 Å². The van der Waals surface area contributed by atoms with Crippen LogP contribution in [0.1, 0.15) is 32.4 Å². The van der Waals surface area contributed by atoms with Crippen molar-refractivity contribution in [2.24, 2.45) is 0 Å². The molecule has 3 heterocycles. The van der Waals surface area contributed by atoms with Crippen LogP contribution in [0.5, 0.6) is 0 Å². The molecule has 1 saturated heterocycles. The summed E-state index contributed by atoms with van der Waals surface area (Å²) in [6, 6.07) is 4.86. The molecule has 2 aliphatic heterocycles. The van der Waals surface area contributed by atoms with Gasteiger partial charge in [-0.2, -0.15) is 0 Å². The van der Waals surface area contributed by atoms with Crippen LogP contribution >= 0.6 is 15.9 Å². The van der Waals surface area contributed by atoms with Crippen LogP contribution in [-0.2, 0) is 5.41 Å². The van der Waals surface area contributed by atoms with Gasteiger partial charge in [0.2, 0.25) is 0 Å². The van der Waals surface area contributed by atoms with Crippen LogP contribution in [0.4, 0.5) is 5.69 Å². The molecule has 5 heteroatoms. The summed E-state index contributed by atoms with van der Waals surface area (Å²) in [5, 5.41) is 9.06. The fourth-order valence-corrected chi connectivity index (χ4v) is 3.98. The molecule has 0 amide bonds. The van der Waals surface area contributed by atoms with Gasteiger partial charge >= 0.3 is 0 Å². The predicted octanol–water partition coefficient (Wildman–Crippen LogP) is 2.40. The number of aromatic nitrogens is 1. The number of likely N-dealkylation sites (tertiary alicyclic amines) is 1. The standard InChI is InChI=1S/C16H24BrN3O/c1-16(2)11-20(13-3-4-14(17)18-15(13)16)12-5-7-19(8-6-12)9-10-21/h3-4,12,21H,5-11H2,1-2H3. The molecule has 0 bridgehead atoms. The SMILES string of the molecule is CC1(C)CN(C2CCN(CCO)CC2)c2ccc(Br)nc21. The Morgan fingerprint density at radius 1 is 1.33 bits per heavy atom. The number of hydrogen-bond donors (Lipinski definition) is 1. The molecular formula is C16H24BrN3O. The summed E-state index contributed by atoms with van der Waals surface area (Å²) in [5.41, 5.74) is 2.64. The van der Waals surface area contributed by atoms with Crippen molar-refractivity contribution >= 4 is 21.6 Å². The Labute approximate surface area is 135 Å². The van der Waals surface area contributed by atoms with Gasteiger partial charge in [0.15, 0.2) is 0 Å². The third-order valence-corrected chi connectivity index (χ3v) is 5.21. The van der Waals surface area contributed by atoms with Crippen molar-refractivity contribution in [3.63, 3.8) is 0 Å². The van der Waals surface area contributed by atoms with E-state index < -0.39 is 0 Å². The smallest absolute Gasteiger partial charge is 0.106 e. The van der Waals surface area contributed by atoms with Crippen LogP contribution in [-0.4, -0.2) is 53.8 Å². The zero-order valence-corrected chi connectivity index (χ0v) is 14.4. The molecule has 0 unspecified atom stereocenters. The number of rotatable bonds is 3. The summed E-state index contributed by atoms with van der Waals surface area (Å²) >= 11 is 3.50. The van der Waals surface area contributed by atoms with Crippen LogP contribution in [0.3, 0.4) is 0 Å². The molecule has 0 aliphatic carbocycles. The minimum absolute atomic E-state index is 0.112. The normalized spacial score (nSPS) is 22.6. The van der Waals surface area contributed by atoms with Gasteiger partial charge in [-0.15, -0.1) is 0 Å². The number of fused-ring (bicyclic) bond motifs is 1. The van der Waals surface area contributed by atoms with Gasteiger partial charge in [0.1, 0.15) is 4.60 Å². The average molecular weight is 354 g/mol. The van der Waals surface area contributed by atoms with E-state index in [9.17, 15) is 0 Å². The van der Waals surface area contributed by atoms with Crippen molar-refractivity contribution in [3.05, 3.63) is 22.4 Å². The number of aliphatic hydroxyl groups is 1. The molecule has 0 radical (unpaired) electrons. The van der Waals surface area contributed by atoms with E-state index in [1.807, 2.05) is 6.07 Å². The Hall–Kier alpha value is -0.650. The number of β-amino-alcohol motifs (C(OH)–C–C–N with tert-alkyl or cyclic N) is 1. The second-order valence-electron chi connectivity index (χ2n) is 6.81. The van der Waals surface area contributed by atoms with Crippen molar-refractivity contribution < 1.29 is 5.11 Å². The average Bonchev–Trinajstić information content (AvgIpc) is 2.72. The zero-order chi connectivity index (χ0) is 15.0. The van der Waals surface area contributed by atoms with Gasteiger partial charge in [-0.25, -0.2) is 4.98 Å². The number of pyridine rings is 1. The van der Waals surface area contributed by atoms with Gasteiger partial charge in [-0.05, 0) is 40.9 Å². The predicted molar refractivity (Wildman–Crippen MR) is 88.9 cm³/mol. The summed E-state index contributed by atoms with van der Waals surface area (Å²) in [5.74, 6) is 0. The Morgan fingerprint density at radius 2 is 2.05 bits per heavy atom. The van der Waals surface area contributed by atoms with Crippen molar-refractivity contribution in [1.82, 2.24) is 9.88 Å². The lowest BCUT2D eigenvalue weighted by Crippen LogP contribution is -2.46. The maximum atomic E-state index is 9.06. The first kappa shape index (κ1) is 15.3. The van der Waals surface area contributed by atoms with Crippen LogP contribution in [0.15, 0.2) is 16.7 Å². The molecule has 1 aromatic rings. The molecule has 3 rings (SSSR count). The molecule has 0 atom stereocenters. The van der Waals surface area contributed by atoms with Crippen LogP contribution in [0.25, 0.3) is 0 Å². The fraction of sp³-hybridized carbons (Fsp3) is 0.688. The topological polar surface area (TPSA) is 39.6 Å². The van der Waals surface area contributed by atoms with E-state index in [1.54, 1.807) is 0 Å². The Morgan fingerprint density at radius 3 is 2.71 bits per heavy atom. The highest BCUT2D eigenvalue weighted by atomic mass is 79.9. The molecule has 1 N–H and O–H groups in total. The van der Waals surface area contributed by atoms with Crippen molar-refractivity contribution in [3.8, 4) is 0 Å². The zero-order valence-electron chi connectivity index (χ0n) is 12.8. The molecule has 0 spiro atoms. The lowest BCUT2D eigenvalue weighted by molar-refractivity contribution is 0.162. The fourth-order valence-electron chi connectivity index (χ4n) is 3.67. The van der Waals surface area contributed by atoms with Crippen LogP contribution < -0.4 is 4.90 Å². The number of halogens is 1. The minimum Gasteiger partial charge on any atom is -0.395 e. The first-order valence-corrected chi connectivity index (χ1v) is 8.57. The van der Waals surface area contributed by atoms with Crippen LogP contribution in [0, 0.1) is 0 Å². The molecule has 0 saturated carbocycles. The van der Waals surface area contributed by atoms with Crippen molar-refractivity contribution in [2.45, 2.75) is 38.1 Å². The molecule has 2 aliphatic rings. The van der Waals surface area contributed by atoms with E-state index in [0.717, 1.165) is 30.8 Å². The maximum Gasteiger partial charge on any atom is 0.106 e. The summed E-state index contributed by atoms with van der Waals surface area (Å²) in [7, 11) is 0. The molecule has 21 heavy (non-hydrogen) atoms. The summed E-state index contributed by atoms with van der Waals surface area (Å²) < 4.78 is 0.925. The quantitative estimate of drug-likeness (QED) is 0.847. The van der Waals surface area contributed by atoms with Crippen LogP contribution in [0.2, 0.25) is 0 Å². The minimum atomic E-state index is 0.112. The second-order valence-corrected chi connectivity index (χ2v) is 7.62. The number of anilines is 1. The maximum absolute atomic E-state index is 9.06. The summed E-state index contributed by atoms with van der Waals surface area (Å²) in [4.78, 5) is 9.65. The largest absolute Gasteiger partial charge is 0.395 e. The number of nitrogens with zero attached hydrogens (tertiary/aromatic N) is 3. The lowest BCUT2D eigenvalue weighted by atomic mass is 9.91. The molecule has 1 fully saturated rings. The number of aliphatic hydroxyl groups excluding tert-OH is 1. The molecule has 116 valence electrons. The highest BCUT2D eigenvalue weighted by molar-refractivity contribution is 9.10.